The van der Waals surface area contributed by atoms with Gasteiger partial charge in [0.1, 0.15) is 23.9 Å². The fourth-order valence-electron chi connectivity index (χ4n) is 5.57. The van der Waals surface area contributed by atoms with Gasteiger partial charge in [-0.25, -0.2) is 0 Å². The second kappa shape index (κ2) is 11.7. The van der Waals surface area contributed by atoms with Crippen molar-refractivity contribution in [2.24, 2.45) is 11.8 Å². The summed E-state index contributed by atoms with van der Waals surface area (Å²) in [7, 11) is 0. The summed E-state index contributed by atoms with van der Waals surface area (Å²) in [5.74, 6) is -2.21. The van der Waals surface area contributed by atoms with Crippen molar-refractivity contribution < 1.29 is 32.3 Å². The average molecular weight is 580 g/mol. The molecule has 2 aliphatic rings. The second-order valence-electron chi connectivity index (χ2n) is 11.1. The molecule has 3 atom stereocenters. The van der Waals surface area contributed by atoms with E-state index in [4.69, 9.17) is 11.6 Å². The highest BCUT2D eigenvalue weighted by Gasteiger charge is 2.49. The Kier molecular flexibility index (Phi) is 8.68. The van der Waals surface area contributed by atoms with Crippen molar-refractivity contribution in [2.45, 2.75) is 77.5 Å². The molecular formula is C29H33ClF3N3O4. The molecule has 2 N–H and O–H groups in total. The molecule has 11 heteroatoms. The van der Waals surface area contributed by atoms with E-state index >= 15 is 0 Å². The highest BCUT2D eigenvalue weighted by atomic mass is 35.5. The lowest BCUT2D eigenvalue weighted by atomic mass is 9.88. The van der Waals surface area contributed by atoms with Gasteiger partial charge in [-0.15, -0.1) is 13.2 Å². The lowest BCUT2D eigenvalue weighted by molar-refractivity contribution is -0.274. The van der Waals surface area contributed by atoms with Crippen LogP contribution in [0.25, 0.3) is 0 Å². The van der Waals surface area contributed by atoms with Gasteiger partial charge in [0, 0.05) is 6.04 Å². The second-order valence-corrected chi connectivity index (χ2v) is 11.5. The minimum Gasteiger partial charge on any atom is -0.404 e. The summed E-state index contributed by atoms with van der Waals surface area (Å²) in [5.41, 5.74) is 2.38. The van der Waals surface area contributed by atoms with Gasteiger partial charge in [-0.05, 0) is 73.8 Å². The van der Waals surface area contributed by atoms with E-state index in [1.807, 2.05) is 38.1 Å². The zero-order valence-electron chi connectivity index (χ0n) is 22.7. The number of nitrogens with zero attached hydrogens (tertiary/aromatic N) is 1. The Hall–Kier alpha value is -3.27. The quantitative estimate of drug-likeness (QED) is 0.463. The van der Waals surface area contributed by atoms with E-state index in [0.717, 1.165) is 17.2 Å². The molecule has 1 aliphatic carbocycles. The van der Waals surface area contributed by atoms with Crippen LogP contribution in [0.5, 0.6) is 5.75 Å². The van der Waals surface area contributed by atoms with Crippen molar-refractivity contribution in [2.75, 3.05) is 0 Å². The average Bonchev–Trinajstić information content (AvgIpc) is 3.27. The van der Waals surface area contributed by atoms with Crippen molar-refractivity contribution in [3.8, 4) is 5.75 Å². The lowest BCUT2D eigenvalue weighted by Crippen LogP contribution is -2.67. The summed E-state index contributed by atoms with van der Waals surface area (Å²) in [6.45, 7) is 7.30. The minimum atomic E-state index is -4.96. The van der Waals surface area contributed by atoms with Gasteiger partial charge in [-0.1, -0.05) is 55.8 Å². The van der Waals surface area contributed by atoms with Crippen LogP contribution in [-0.4, -0.2) is 47.1 Å². The maximum absolute atomic E-state index is 14.3. The predicted octanol–water partition coefficient (Wildman–Crippen LogP) is 4.96. The van der Waals surface area contributed by atoms with Crippen LogP contribution in [-0.2, 0) is 27.2 Å². The number of fused-ring (bicyclic) bond motifs is 1. The maximum atomic E-state index is 14.3. The van der Waals surface area contributed by atoms with Crippen LogP contribution in [0.3, 0.4) is 0 Å². The van der Waals surface area contributed by atoms with Crippen LogP contribution in [0.15, 0.2) is 42.5 Å². The van der Waals surface area contributed by atoms with E-state index < -0.39 is 42.1 Å². The molecule has 2 aromatic carbocycles. The highest BCUT2D eigenvalue weighted by molar-refractivity contribution is 6.32. The number of amides is 3. The molecule has 0 bridgehead atoms. The molecule has 0 spiro atoms. The zero-order chi connectivity index (χ0) is 29.4. The Morgan fingerprint density at radius 2 is 1.73 bits per heavy atom. The monoisotopic (exact) mass is 579 g/mol. The first-order valence-electron chi connectivity index (χ1n) is 13.3. The predicted molar refractivity (Wildman–Crippen MR) is 144 cm³/mol. The summed E-state index contributed by atoms with van der Waals surface area (Å²) in [6.07, 6.45) is -3.50. The first-order valence-corrected chi connectivity index (χ1v) is 13.7. The first-order chi connectivity index (χ1) is 18.7. The number of hydrogen-bond acceptors (Lipinski definition) is 4. The molecule has 4 rings (SSSR count). The van der Waals surface area contributed by atoms with Gasteiger partial charge < -0.3 is 20.3 Å². The van der Waals surface area contributed by atoms with Crippen molar-refractivity contribution in [1.82, 2.24) is 15.5 Å². The summed E-state index contributed by atoms with van der Waals surface area (Å²) >= 11 is 6.16. The number of ether oxygens (including phenoxy) is 1. The molecule has 0 aromatic heterocycles. The Morgan fingerprint density at radius 1 is 1.10 bits per heavy atom. The lowest BCUT2D eigenvalue weighted by Gasteiger charge is -2.45. The number of benzene rings is 2. The van der Waals surface area contributed by atoms with Crippen molar-refractivity contribution in [3.05, 3.63) is 64.2 Å². The number of piperazine rings is 1. The first kappa shape index (κ1) is 29.7. The van der Waals surface area contributed by atoms with E-state index in [1.165, 1.54) is 17.0 Å². The van der Waals surface area contributed by atoms with Crippen molar-refractivity contribution >= 4 is 29.3 Å². The smallest absolute Gasteiger partial charge is 0.404 e. The van der Waals surface area contributed by atoms with Gasteiger partial charge in [0.2, 0.25) is 17.7 Å². The Morgan fingerprint density at radius 3 is 2.25 bits per heavy atom. The molecule has 1 saturated heterocycles. The number of rotatable bonds is 8. The van der Waals surface area contributed by atoms with Gasteiger partial charge in [-0.2, -0.15) is 0 Å². The van der Waals surface area contributed by atoms with E-state index in [-0.39, 0.29) is 40.8 Å². The summed E-state index contributed by atoms with van der Waals surface area (Å²) in [5, 5.41) is 5.35. The third kappa shape index (κ3) is 6.54. The number of carbonyl (C=O) groups excluding carboxylic acids is 3. The van der Waals surface area contributed by atoms with Gasteiger partial charge >= 0.3 is 6.36 Å². The normalized spacial score (nSPS) is 20.5. The molecule has 40 heavy (non-hydrogen) atoms. The van der Waals surface area contributed by atoms with E-state index in [2.05, 4.69) is 15.4 Å². The topological polar surface area (TPSA) is 87.7 Å². The molecule has 7 nitrogen and oxygen atoms in total. The number of halogens is 4. The molecule has 0 radical (unpaired) electrons. The molecular weight excluding hydrogens is 547 g/mol. The van der Waals surface area contributed by atoms with Gasteiger partial charge in [-0.3, -0.25) is 14.4 Å². The fraction of sp³-hybridized carbons (Fsp3) is 0.483. The summed E-state index contributed by atoms with van der Waals surface area (Å²) in [6, 6.07) is 7.84. The van der Waals surface area contributed by atoms with Crippen molar-refractivity contribution in [1.29, 1.82) is 0 Å². The maximum Gasteiger partial charge on any atom is 0.573 e. The minimum absolute atomic E-state index is 0.00158. The van der Waals surface area contributed by atoms with Crippen LogP contribution >= 0.6 is 11.6 Å². The van der Waals surface area contributed by atoms with E-state index in [9.17, 15) is 27.6 Å². The molecule has 2 aromatic rings. The number of nitrogens with one attached hydrogen (secondary N) is 2. The molecule has 1 unspecified atom stereocenters. The third-order valence-corrected chi connectivity index (χ3v) is 7.46. The SMILES string of the molecule is CC(C)C[C@@H]1C(=O)NC(C2Cc3ccccc3C2)C(=O)N1[C@@H](C(=O)NC(C)C)c1ccc(OC(F)(F)F)c(Cl)c1. The van der Waals surface area contributed by atoms with E-state index in [1.54, 1.807) is 13.8 Å². The third-order valence-electron chi connectivity index (χ3n) is 7.16. The number of alkyl halides is 3. The molecule has 1 fully saturated rings. The number of carbonyl (C=O) groups is 3. The highest BCUT2D eigenvalue weighted by Crippen LogP contribution is 2.38. The molecule has 0 saturated carbocycles. The van der Waals surface area contributed by atoms with Gasteiger partial charge in [0.25, 0.3) is 0 Å². The Labute approximate surface area is 236 Å². The summed E-state index contributed by atoms with van der Waals surface area (Å²) < 4.78 is 42.6. The Balaban J connectivity index is 1.77. The van der Waals surface area contributed by atoms with Gasteiger partial charge in [0.05, 0.1) is 5.02 Å². The van der Waals surface area contributed by atoms with Gasteiger partial charge in [0.15, 0.2) is 0 Å². The van der Waals surface area contributed by atoms with Crippen LogP contribution in [0.4, 0.5) is 13.2 Å². The van der Waals surface area contributed by atoms with Crippen LogP contribution in [0.1, 0.15) is 56.8 Å². The molecule has 216 valence electrons. The standard InChI is InChI=1S/C29H33ClF3N3O4/c1-15(2)11-22-26(37)35-24(20-12-17-7-5-6-8-18(17)13-20)28(39)36(22)25(27(38)34-16(3)4)19-9-10-23(21(30)14-19)40-29(31,32)33/h5-10,14-16,20,22,24-25H,11-13H2,1-4H3,(H,34,38)(H,35,37)/t22-,24?,25-/m1/s1. The zero-order valence-corrected chi connectivity index (χ0v) is 23.5. The van der Waals surface area contributed by atoms with Crippen LogP contribution < -0.4 is 15.4 Å². The number of hydrogen-bond donors (Lipinski definition) is 2. The summed E-state index contributed by atoms with van der Waals surface area (Å²) in [4.78, 5) is 42.8. The molecule has 1 heterocycles. The van der Waals surface area contributed by atoms with Crippen LogP contribution in [0, 0.1) is 11.8 Å². The fourth-order valence-corrected chi connectivity index (χ4v) is 5.80. The Bertz CT molecular complexity index is 1260. The van der Waals surface area contributed by atoms with E-state index in [0.29, 0.717) is 12.8 Å². The molecule has 1 aliphatic heterocycles. The van der Waals surface area contributed by atoms with Crippen LogP contribution in [0.2, 0.25) is 5.02 Å². The van der Waals surface area contributed by atoms with Crippen molar-refractivity contribution in [3.63, 3.8) is 0 Å². The molecule has 3 amide bonds. The largest absolute Gasteiger partial charge is 0.573 e.